The molecule has 0 bridgehead atoms. The number of phenolic OH excluding ortho intramolecular Hbond substituents is 1. The van der Waals surface area contributed by atoms with Crippen molar-refractivity contribution in [3.05, 3.63) is 63.9 Å². The fourth-order valence-corrected chi connectivity index (χ4v) is 2.16. The van der Waals surface area contributed by atoms with Crippen LogP contribution < -0.4 is 10.9 Å². The molecular weight excluding hydrogens is 355 g/mol. The number of hydrogen-bond acceptors (Lipinski definition) is 3. The van der Waals surface area contributed by atoms with E-state index < -0.39 is 17.6 Å². The van der Waals surface area contributed by atoms with Crippen molar-refractivity contribution in [2.24, 2.45) is 0 Å². The molecular formula is C15H12BrFN2O3. The van der Waals surface area contributed by atoms with E-state index in [-0.39, 0.29) is 22.2 Å². The van der Waals surface area contributed by atoms with E-state index in [0.29, 0.717) is 5.56 Å². The number of phenols is 1. The van der Waals surface area contributed by atoms with Crippen molar-refractivity contribution in [3.8, 4) is 5.75 Å². The predicted molar refractivity (Wildman–Crippen MR) is 81.5 cm³/mol. The van der Waals surface area contributed by atoms with Crippen molar-refractivity contribution >= 4 is 27.7 Å². The minimum atomic E-state index is -0.633. The topological polar surface area (TPSA) is 78.4 Å². The molecule has 3 N–H and O–H groups in total. The number of benzene rings is 2. The van der Waals surface area contributed by atoms with Crippen LogP contribution >= 0.6 is 15.9 Å². The van der Waals surface area contributed by atoms with Crippen LogP contribution in [-0.4, -0.2) is 16.9 Å². The molecule has 0 aromatic heterocycles. The van der Waals surface area contributed by atoms with Gasteiger partial charge in [-0.2, -0.15) is 0 Å². The Bertz CT molecular complexity index is 722. The van der Waals surface area contributed by atoms with Crippen molar-refractivity contribution < 1.29 is 19.1 Å². The third-order valence-electron chi connectivity index (χ3n) is 2.81. The zero-order valence-corrected chi connectivity index (χ0v) is 12.9. The quantitative estimate of drug-likeness (QED) is 0.729. The number of hydrazine groups is 1. The molecule has 2 aromatic carbocycles. The molecule has 0 aliphatic rings. The maximum absolute atomic E-state index is 13.1. The van der Waals surface area contributed by atoms with Gasteiger partial charge < -0.3 is 5.11 Å². The van der Waals surface area contributed by atoms with Crippen molar-refractivity contribution in [1.82, 2.24) is 10.9 Å². The van der Waals surface area contributed by atoms with Crippen molar-refractivity contribution in [2.45, 2.75) is 6.42 Å². The summed E-state index contributed by atoms with van der Waals surface area (Å²) in [6.07, 6.45) is -0.0278. The Morgan fingerprint density at radius 3 is 2.55 bits per heavy atom. The number of nitrogens with one attached hydrogen (secondary N) is 2. The Morgan fingerprint density at radius 2 is 1.86 bits per heavy atom. The fraction of sp³-hybridized carbons (Fsp3) is 0.0667. The summed E-state index contributed by atoms with van der Waals surface area (Å²) in [4.78, 5) is 23.5. The van der Waals surface area contributed by atoms with Crippen LogP contribution in [-0.2, 0) is 11.2 Å². The summed E-state index contributed by atoms with van der Waals surface area (Å²) in [5.41, 5.74) is 5.07. The molecule has 0 saturated carbocycles. The Kier molecular flexibility index (Phi) is 5.11. The minimum absolute atomic E-state index is 0.0278. The molecule has 0 saturated heterocycles. The van der Waals surface area contributed by atoms with Crippen molar-refractivity contribution in [3.63, 3.8) is 0 Å². The zero-order chi connectivity index (χ0) is 16.1. The molecule has 7 heteroatoms. The first-order valence-electron chi connectivity index (χ1n) is 6.28. The monoisotopic (exact) mass is 366 g/mol. The highest BCUT2D eigenvalue weighted by Gasteiger charge is 2.11. The lowest BCUT2D eigenvalue weighted by atomic mass is 10.1. The van der Waals surface area contributed by atoms with E-state index >= 15 is 0 Å². The molecule has 2 aromatic rings. The van der Waals surface area contributed by atoms with Crippen LogP contribution in [0.4, 0.5) is 4.39 Å². The van der Waals surface area contributed by atoms with Crippen LogP contribution in [0.1, 0.15) is 15.9 Å². The first kappa shape index (κ1) is 16.0. The lowest BCUT2D eigenvalue weighted by Gasteiger charge is -2.08. The zero-order valence-electron chi connectivity index (χ0n) is 11.3. The molecule has 0 aliphatic heterocycles. The van der Waals surface area contributed by atoms with Gasteiger partial charge in [0.25, 0.3) is 5.91 Å². The van der Waals surface area contributed by atoms with E-state index in [4.69, 9.17) is 0 Å². The van der Waals surface area contributed by atoms with Gasteiger partial charge in [0.1, 0.15) is 11.6 Å². The molecule has 0 radical (unpaired) electrons. The highest BCUT2D eigenvalue weighted by Crippen LogP contribution is 2.17. The van der Waals surface area contributed by atoms with Gasteiger partial charge in [-0.15, -0.1) is 0 Å². The Hall–Kier alpha value is -2.41. The maximum Gasteiger partial charge on any atom is 0.273 e. The van der Waals surface area contributed by atoms with E-state index in [1.54, 1.807) is 12.1 Å². The third-order valence-corrected chi connectivity index (χ3v) is 3.42. The van der Waals surface area contributed by atoms with Crippen molar-refractivity contribution in [1.29, 1.82) is 0 Å². The van der Waals surface area contributed by atoms with Crippen LogP contribution in [0.5, 0.6) is 5.75 Å². The SMILES string of the molecule is O=C(Cc1ccc(F)c(Br)c1)NNC(=O)c1ccccc1O. The van der Waals surface area contributed by atoms with Gasteiger partial charge in [-0.25, -0.2) is 4.39 Å². The van der Waals surface area contributed by atoms with Crippen LogP contribution in [0.15, 0.2) is 46.9 Å². The number of para-hydroxylation sites is 1. The maximum atomic E-state index is 13.1. The van der Waals surface area contributed by atoms with Crippen molar-refractivity contribution in [2.75, 3.05) is 0 Å². The second kappa shape index (κ2) is 7.04. The number of amides is 2. The standard InChI is InChI=1S/C15H12BrFN2O3/c16-11-7-9(5-6-12(11)17)8-14(21)18-19-15(22)10-3-1-2-4-13(10)20/h1-7,20H,8H2,(H,18,21)(H,19,22). The number of aromatic hydroxyl groups is 1. The van der Waals surface area contributed by atoms with Gasteiger partial charge in [0, 0.05) is 0 Å². The smallest absolute Gasteiger partial charge is 0.273 e. The highest BCUT2D eigenvalue weighted by molar-refractivity contribution is 9.10. The van der Waals surface area contributed by atoms with Gasteiger partial charge in [-0.3, -0.25) is 20.4 Å². The van der Waals surface area contributed by atoms with Crippen LogP contribution in [0.25, 0.3) is 0 Å². The fourth-order valence-electron chi connectivity index (χ4n) is 1.74. The highest BCUT2D eigenvalue weighted by atomic mass is 79.9. The van der Waals surface area contributed by atoms with E-state index in [1.807, 2.05) is 0 Å². The molecule has 22 heavy (non-hydrogen) atoms. The summed E-state index contributed by atoms with van der Waals surface area (Å²) >= 11 is 3.03. The summed E-state index contributed by atoms with van der Waals surface area (Å²) in [5, 5.41) is 9.52. The Balaban J connectivity index is 1.91. The van der Waals surface area contributed by atoms with E-state index in [0.717, 1.165) is 0 Å². The molecule has 0 aliphatic carbocycles. The Morgan fingerprint density at radius 1 is 1.14 bits per heavy atom. The van der Waals surface area contributed by atoms with Gasteiger partial charge in [-0.05, 0) is 45.8 Å². The van der Waals surface area contributed by atoms with Gasteiger partial charge in [0.15, 0.2) is 0 Å². The van der Waals surface area contributed by atoms with Crippen LogP contribution in [0, 0.1) is 5.82 Å². The van der Waals surface area contributed by atoms with E-state index in [9.17, 15) is 19.1 Å². The molecule has 2 rings (SSSR count). The molecule has 0 unspecified atom stereocenters. The minimum Gasteiger partial charge on any atom is -0.507 e. The summed E-state index contributed by atoms with van der Waals surface area (Å²) in [6.45, 7) is 0. The second-order valence-electron chi connectivity index (χ2n) is 4.44. The average molecular weight is 367 g/mol. The average Bonchev–Trinajstić information content (AvgIpc) is 2.49. The number of carbonyl (C=O) groups excluding carboxylic acids is 2. The van der Waals surface area contributed by atoms with Gasteiger partial charge in [0.05, 0.1) is 16.5 Å². The molecule has 0 spiro atoms. The molecule has 5 nitrogen and oxygen atoms in total. The lowest BCUT2D eigenvalue weighted by Crippen LogP contribution is -2.42. The molecule has 2 amide bonds. The second-order valence-corrected chi connectivity index (χ2v) is 5.30. The van der Waals surface area contributed by atoms with E-state index in [1.165, 1.54) is 30.3 Å². The van der Waals surface area contributed by atoms with Gasteiger partial charge >= 0.3 is 0 Å². The van der Waals surface area contributed by atoms with E-state index in [2.05, 4.69) is 26.8 Å². The largest absolute Gasteiger partial charge is 0.507 e. The predicted octanol–water partition coefficient (Wildman–Crippen LogP) is 2.30. The summed E-state index contributed by atoms with van der Waals surface area (Å²) < 4.78 is 13.3. The first-order chi connectivity index (χ1) is 10.5. The summed E-state index contributed by atoms with van der Waals surface area (Å²) in [7, 11) is 0. The molecule has 0 heterocycles. The number of hydrogen-bond donors (Lipinski definition) is 3. The van der Waals surface area contributed by atoms with Crippen LogP contribution in [0.3, 0.4) is 0 Å². The molecule has 114 valence electrons. The third kappa shape index (κ3) is 4.05. The van der Waals surface area contributed by atoms with Crippen LogP contribution in [0.2, 0.25) is 0 Å². The van der Waals surface area contributed by atoms with Gasteiger partial charge in [0.2, 0.25) is 5.91 Å². The summed E-state index contributed by atoms with van der Waals surface area (Å²) in [5.74, 6) is -1.71. The lowest BCUT2D eigenvalue weighted by molar-refractivity contribution is -0.121. The number of rotatable bonds is 3. The first-order valence-corrected chi connectivity index (χ1v) is 7.08. The molecule has 0 atom stereocenters. The van der Waals surface area contributed by atoms with Gasteiger partial charge in [-0.1, -0.05) is 18.2 Å². The molecule has 0 fully saturated rings. The normalized spacial score (nSPS) is 10.1. The number of carbonyl (C=O) groups is 2. The number of halogens is 2. The Labute approximate surface area is 134 Å². The summed E-state index contributed by atoms with van der Waals surface area (Å²) in [6, 6.07) is 10.2.